The summed E-state index contributed by atoms with van der Waals surface area (Å²) < 4.78 is 65.3. The standard InChI is InChI=1S/C45H55F3N8O5/c1-43(2,3)61-42(58)54-18-16-53(17-19-54)23-32-8-10-33(11-9-32)27-59-28-34-12-14-52(15-13-34)24-35-20-38(45(46,47)48)39-26-55(41(57)56(39)25-35)37-7-5-6-36(21-37)44(29-60-30-44)22-40-50-49-31-51(40)4/h5-11,20-21,25-26,31,34H,12-19,22-24,27-30H2,1-4H3. The lowest BCUT2D eigenvalue weighted by atomic mass is 9.75. The van der Waals surface area contributed by atoms with E-state index in [2.05, 4.69) is 44.3 Å². The molecule has 3 aliphatic rings. The number of rotatable bonds is 12. The summed E-state index contributed by atoms with van der Waals surface area (Å²) in [5.74, 6) is 1.14. The van der Waals surface area contributed by atoms with E-state index in [0.29, 0.717) is 69.7 Å². The van der Waals surface area contributed by atoms with Crippen molar-refractivity contribution in [1.29, 1.82) is 0 Å². The molecule has 0 spiro atoms. The van der Waals surface area contributed by atoms with Crippen LogP contribution in [0.5, 0.6) is 0 Å². The van der Waals surface area contributed by atoms with E-state index in [4.69, 9.17) is 14.2 Å². The Balaban J connectivity index is 0.842. The normalized spacial score (nSPS) is 18.1. The first-order valence-electron chi connectivity index (χ1n) is 21.1. The van der Waals surface area contributed by atoms with Gasteiger partial charge in [0.1, 0.15) is 17.8 Å². The van der Waals surface area contributed by atoms with Crippen LogP contribution in [0, 0.1) is 5.92 Å². The average Bonchev–Trinajstić information content (AvgIpc) is 3.77. The molecule has 13 nitrogen and oxygen atoms in total. The number of aryl methyl sites for hydroxylation is 1. The number of amides is 1. The van der Waals surface area contributed by atoms with E-state index < -0.39 is 23.0 Å². The fraction of sp³-hybridized carbons (Fsp3) is 0.511. The van der Waals surface area contributed by atoms with Crippen LogP contribution in [-0.4, -0.2) is 109 Å². The predicted molar refractivity (Wildman–Crippen MR) is 222 cm³/mol. The Morgan fingerprint density at radius 2 is 1.57 bits per heavy atom. The van der Waals surface area contributed by atoms with Crippen molar-refractivity contribution in [2.24, 2.45) is 13.0 Å². The van der Waals surface area contributed by atoms with Crippen LogP contribution in [0.25, 0.3) is 11.2 Å². The van der Waals surface area contributed by atoms with Crippen LogP contribution in [0.4, 0.5) is 18.0 Å². The number of piperazine rings is 1. The second kappa shape index (κ2) is 17.4. The van der Waals surface area contributed by atoms with E-state index in [1.165, 1.54) is 22.4 Å². The van der Waals surface area contributed by atoms with Crippen LogP contribution < -0.4 is 5.69 Å². The van der Waals surface area contributed by atoms with Gasteiger partial charge in [0.2, 0.25) is 0 Å². The van der Waals surface area contributed by atoms with Gasteiger partial charge in [-0.2, -0.15) is 13.2 Å². The van der Waals surface area contributed by atoms with Crippen molar-refractivity contribution in [3.05, 3.63) is 117 Å². The number of halogens is 3. The smallest absolute Gasteiger partial charge is 0.418 e. The second-order valence-electron chi connectivity index (χ2n) is 17.9. The lowest BCUT2D eigenvalue weighted by Crippen LogP contribution is -2.49. The average molecular weight is 845 g/mol. The van der Waals surface area contributed by atoms with E-state index in [9.17, 15) is 22.8 Å². The van der Waals surface area contributed by atoms with Gasteiger partial charge in [0.25, 0.3) is 0 Å². The van der Waals surface area contributed by atoms with Gasteiger partial charge < -0.3 is 23.7 Å². The summed E-state index contributed by atoms with van der Waals surface area (Å²) in [6.07, 6.45) is 1.87. The summed E-state index contributed by atoms with van der Waals surface area (Å²) in [5, 5.41) is 8.23. The van der Waals surface area contributed by atoms with E-state index in [1.807, 2.05) is 50.6 Å². The van der Waals surface area contributed by atoms with Crippen LogP contribution in [0.1, 0.15) is 67.3 Å². The van der Waals surface area contributed by atoms with Gasteiger partial charge in [-0.15, -0.1) is 10.2 Å². The highest BCUT2D eigenvalue weighted by Crippen LogP contribution is 2.37. The SMILES string of the molecule is Cn1cnnc1CC1(c2cccc(-n3cc4c(C(F)(F)F)cc(CN5CCC(COCc6ccc(CN7CCN(C(=O)OC(C)(C)C)CC7)cc6)CC5)cn4c3=O)c2)COC1. The molecule has 2 aromatic carbocycles. The highest BCUT2D eigenvalue weighted by molar-refractivity contribution is 5.68. The molecule has 0 atom stereocenters. The molecule has 1 amide bonds. The number of carbonyl (C=O) groups is 1. The molecular weight excluding hydrogens is 790 g/mol. The van der Waals surface area contributed by atoms with E-state index in [0.717, 1.165) is 66.9 Å². The largest absolute Gasteiger partial charge is 0.444 e. The molecule has 16 heteroatoms. The van der Waals surface area contributed by atoms with Crippen molar-refractivity contribution in [3.8, 4) is 5.69 Å². The zero-order valence-electron chi connectivity index (χ0n) is 35.4. The number of likely N-dealkylation sites (tertiary alicyclic amines) is 1. The zero-order chi connectivity index (χ0) is 42.9. The third-order valence-electron chi connectivity index (χ3n) is 12.1. The summed E-state index contributed by atoms with van der Waals surface area (Å²) in [5.41, 5.74) is 1.66. The predicted octanol–water partition coefficient (Wildman–Crippen LogP) is 6.23. The van der Waals surface area contributed by atoms with Crippen LogP contribution in [-0.2, 0) is 59.0 Å². The number of hydrogen-bond donors (Lipinski definition) is 0. The van der Waals surface area contributed by atoms with Gasteiger partial charge in [-0.1, -0.05) is 36.4 Å². The molecule has 0 radical (unpaired) electrons. The fourth-order valence-corrected chi connectivity index (χ4v) is 8.55. The van der Waals surface area contributed by atoms with Crippen molar-refractivity contribution in [3.63, 3.8) is 0 Å². The van der Waals surface area contributed by atoms with Crippen molar-refractivity contribution in [1.82, 2.24) is 38.4 Å². The maximum atomic E-state index is 14.6. The zero-order valence-corrected chi connectivity index (χ0v) is 35.4. The van der Waals surface area contributed by atoms with Crippen LogP contribution >= 0.6 is 0 Å². The third-order valence-corrected chi connectivity index (χ3v) is 12.1. The Bertz CT molecular complexity index is 2360. The second-order valence-corrected chi connectivity index (χ2v) is 17.9. The number of fused-ring (bicyclic) bond motifs is 1. The van der Waals surface area contributed by atoms with Gasteiger partial charge in [-0.25, -0.2) is 9.59 Å². The van der Waals surface area contributed by atoms with E-state index >= 15 is 0 Å². The molecule has 6 heterocycles. The number of piperidine rings is 1. The van der Waals surface area contributed by atoms with Gasteiger partial charge in [-0.05, 0) is 93.1 Å². The summed E-state index contributed by atoms with van der Waals surface area (Å²) >= 11 is 0. The maximum absolute atomic E-state index is 14.6. The highest BCUT2D eigenvalue weighted by Gasteiger charge is 2.42. The van der Waals surface area contributed by atoms with Gasteiger partial charge >= 0.3 is 18.0 Å². The van der Waals surface area contributed by atoms with E-state index in [-0.39, 0.29) is 17.0 Å². The van der Waals surface area contributed by atoms with Crippen molar-refractivity contribution in [2.75, 3.05) is 59.1 Å². The Labute approximate surface area is 353 Å². The summed E-state index contributed by atoms with van der Waals surface area (Å²) in [6, 6.07) is 17.0. The van der Waals surface area contributed by atoms with Gasteiger partial charge in [0, 0.05) is 77.2 Å². The molecule has 3 aromatic heterocycles. The topological polar surface area (TPSA) is 112 Å². The first-order chi connectivity index (χ1) is 29.1. The van der Waals surface area contributed by atoms with Crippen LogP contribution in [0.2, 0.25) is 0 Å². The quantitative estimate of drug-likeness (QED) is 0.144. The minimum absolute atomic E-state index is 0.187. The number of alkyl halides is 3. The van der Waals surface area contributed by atoms with E-state index in [1.54, 1.807) is 23.5 Å². The number of carbonyl (C=O) groups excluding carboxylic acids is 1. The molecule has 61 heavy (non-hydrogen) atoms. The van der Waals surface area contributed by atoms with Gasteiger partial charge in [-0.3, -0.25) is 18.8 Å². The number of hydrogen-bond acceptors (Lipinski definition) is 9. The molecular formula is C45H55F3N8O5. The number of aromatic nitrogens is 5. The first kappa shape index (κ1) is 42.7. The fourth-order valence-electron chi connectivity index (χ4n) is 8.55. The highest BCUT2D eigenvalue weighted by atomic mass is 19.4. The third kappa shape index (κ3) is 9.88. The van der Waals surface area contributed by atoms with Gasteiger partial charge in [0.15, 0.2) is 0 Å². The Morgan fingerprint density at radius 1 is 0.885 bits per heavy atom. The lowest BCUT2D eigenvalue weighted by molar-refractivity contribution is -0.136. The van der Waals surface area contributed by atoms with Gasteiger partial charge in [0.05, 0.1) is 36.6 Å². The number of benzene rings is 2. The molecule has 326 valence electrons. The van der Waals surface area contributed by atoms with Crippen LogP contribution in [0.15, 0.2) is 78.1 Å². The molecule has 3 fully saturated rings. The minimum Gasteiger partial charge on any atom is -0.444 e. The number of imidazole rings is 1. The molecule has 0 saturated carbocycles. The Morgan fingerprint density at radius 3 is 2.21 bits per heavy atom. The number of pyridine rings is 1. The van der Waals surface area contributed by atoms with Crippen molar-refractivity contribution >= 4 is 11.6 Å². The molecule has 5 aromatic rings. The summed E-state index contributed by atoms with van der Waals surface area (Å²) in [7, 11) is 1.88. The van der Waals surface area contributed by atoms with Crippen molar-refractivity contribution in [2.45, 2.75) is 76.9 Å². The molecule has 3 saturated heterocycles. The number of nitrogens with zero attached hydrogens (tertiary/aromatic N) is 8. The summed E-state index contributed by atoms with van der Waals surface area (Å²) in [4.78, 5) is 32.5. The molecule has 0 unspecified atom stereocenters. The maximum Gasteiger partial charge on any atom is 0.418 e. The molecule has 0 N–H and O–H groups in total. The molecule has 0 aliphatic carbocycles. The summed E-state index contributed by atoms with van der Waals surface area (Å²) in [6.45, 7) is 13.1. The van der Waals surface area contributed by atoms with Crippen LogP contribution in [0.3, 0.4) is 0 Å². The molecule has 0 bridgehead atoms. The van der Waals surface area contributed by atoms with Crippen molar-refractivity contribution < 1.29 is 32.2 Å². The molecule has 8 rings (SSSR count). The number of ether oxygens (including phenoxy) is 3. The Kier molecular flexibility index (Phi) is 12.2. The monoisotopic (exact) mass is 844 g/mol. The Hall–Kier alpha value is -5.03. The first-order valence-corrected chi connectivity index (χ1v) is 21.1. The molecule has 3 aliphatic heterocycles. The minimum atomic E-state index is -4.66. The lowest BCUT2D eigenvalue weighted by Gasteiger charge is -2.41.